The van der Waals surface area contributed by atoms with Crippen LogP contribution in [0.5, 0.6) is 0 Å². The first-order chi connectivity index (χ1) is 15.6. The van der Waals surface area contributed by atoms with Crippen LogP contribution in [0.3, 0.4) is 0 Å². The molecule has 2 aromatic carbocycles. The summed E-state index contributed by atoms with van der Waals surface area (Å²) in [5.74, 6) is -0.769. The van der Waals surface area contributed by atoms with Crippen LogP contribution < -0.4 is 11.2 Å². The van der Waals surface area contributed by atoms with Gasteiger partial charge < -0.3 is 9.80 Å². The Morgan fingerprint density at radius 3 is 2.12 bits per heavy atom. The van der Waals surface area contributed by atoms with Gasteiger partial charge in [0.15, 0.2) is 0 Å². The highest BCUT2D eigenvalue weighted by Crippen LogP contribution is 2.29. The molecule has 0 unspecified atom stereocenters. The highest BCUT2D eigenvalue weighted by molar-refractivity contribution is 5.94. The topological polar surface area (TPSA) is 95.5 Å². The molecule has 8 nitrogen and oxygen atoms in total. The molecule has 33 heavy (non-hydrogen) atoms. The Kier molecular flexibility index (Phi) is 5.79. The zero-order chi connectivity index (χ0) is 23.8. The molecular formula is C22H19F3N4O4. The quantitative estimate of drug-likeness (QED) is 0.644. The largest absolute Gasteiger partial charge is 0.416 e. The summed E-state index contributed by atoms with van der Waals surface area (Å²) in [6.45, 7) is 0.547. The minimum atomic E-state index is -4.48. The number of benzene rings is 2. The van der Waals surface area contributed by atoms with Crippen LogP contribution in [-0.4, -0.2) is 57.3 Å². The van der Waals surface area contributed by atoms with Crippen molar-refractivity contribution in [1.29, 1.82) is 0 Å². The van der Waals surface area contributed by atoms with Crippen molar-refractivity contribution in [3.8, 4) is 0 Å². The Hall–Kier alpha value is -3.89. The zero-order valence-electron chi connectivity index (χ0n) is 17.3. The highest BCUT2D eigenvalue weighted by atomic mass is 19.4. The molecule has 11 heteroatoms. The average molecular weight is 460 g/mol. The van der Waals surface area contributed by atoms with E-state index in [-0.39, 0.29) is 49.6 Å². The number of amides is 2. The van der Waals surface area contributed by atoms with Crippen molar-refractivity contribution in [2.75, 3.05) is 26.2 Å². The molecular weight excluding hydrogens is 441 g/mol. The number of fused-ring (bicyclic) bond motifs is 1. The van der Waals surface area contributed by atoms with Gasteiger partial charge in [0.05, 0.1) is 16.5 Å². The monoisotopic (exact) mass is 460 g/mol. The Labute approximate surface area is 184 Å². The van der Waals surface area contributed by atoms with Crippen LogP contribution in [0.15, 0.2) is 58.1 Å². The van der Waals surface area contributed by atoms with Crippen molar-refractivity contribution in [3.63, 3.8) is 0 Å². The minimum Gasteiger partial charge on any atom is -0.338 e. The van der Waals surface area contributed by atoms with Crippen LogP contribution in [0.2, 0.25) is 0 Å². The molecule has 172 valence electrons. The van der Waals surface area contributed by atoms with Crippen LogP contribution in [0, 0.1) is 0 Å². The summed E-state index contributed by atoms with van der Waals surface area (Å²) >= 11 is 0. The predicted octanol–water partition coefficient (Wildman–Crippen LogP) is 1.69. The smallest absolute Gasteiger partial charge is 0.338 e. The van der Waals surface area contributed by atoms with Crippen LogP contribution in [0.25, 0.3) is 10.9 Å². The van der Waals surface area contributed by atoms with Gasteiger partial charge in [0.1, 0.15) is 6.54 Å². The number of aromatic amines is 1. The second-order valence-corrected chi connectivity index (χ2v) is 7.61. The fourth-order valence-corrected chi connectivity index (χ4v) is 3.78. The molecule has 2 heterocycles. The Morgan fingerprint density at radius 1 is 0.879 bits per heavy atom. The van der Waals surface area contributed by atoms with E-state index in [0.717, 1.165) is 24.3 Å². The first-order valence-corrected chi connectivity index (χ1v) is 10.1. The Morgan fingerprint density at radius 2 is 1.48 bits per heavy atom. The van der Waals surface area contributed by atoms with Gasteiger partial charge >= 0.3 is 11.9 Å². The van der Waals surface area contributed by atoms with Crippen LogP contribution in [0.1, 0.15) is 15.9 Å². The molecule has 1 fully saturated rings. The van der Waals surface area contributed by atoms with E-state index in [1.54, 1.807) is 24.3 Å². The van der Waals surface area contributed by atoms with E-state index in [1.165, 1.54) is 14.4 Å². The van der Waals surface area contributed by atoms with E-state index in [9.17, 15) is 32.3 Å². The Balaban J connectivity index is 1.42. The van der Waals surface area contributed by atoms with Crippen molar-refractivity contribution < 1.29 is 22.8 Å². The summed E-state index contributed by atoms with van der Waals surface area (Å²) in [5.41, 5.74) is -1.58. The molecule has 1 saturated heterocycles. The van der Waals surface area contributed by atoms with E-state index in [0.29, 0.717) is 5.52 Å². The number of hydrogen-bond acceptors (Lipinski definition) is 4. The summed E-state index contributed by atoms with van der Waals surface area (Å²) in [4.78, 5) is 54.8. The van der Waals surface area contributed by atoms with Gasteiger partial charge in [-0.05, 0) is 36.4 Å². The number of carbonyl (C=O) groups is 2. The van der Waals surface area contributed by atoms with E-state index < -0.39 is 28.9 Å². The van der Waals surface area contributed by atoms with Crippen molar-refractivity contribution >= 4 is 22.7 Å². The molecule has 0 radical (unpaired) electrons. The summed E-state index contributed by atoms with van der Waals surface area (Å²) in [6.07, 6.45) is -4.48. The molecule has 1 aliphatic rings. The van der Waals surface area contributed by atoms with Gasteiger partial charge in [0.25, 0.3) is 11.5 Å². The van der Waals surface area contributed by atoms with Gasteiger partial charge in [-0.2, -0.15) is 13.2 Å². The predicted molar refractivity (Wildman–Crippen MR) is 113 cm³/mol. The lowest BCUT2D eigenvalue weighted by Gasteiger charge is -2.35. The maximum absolute atomic E-state index is 12.8. The van der Waals surface area contributed by atoms with E-state index in [1.807, 2.05) is 0 Å². The zero-order valence-corrected chi connectivity index (χ0v) is 17.3. The third-order valence-electron chi connectivity index (χ3n) is 5.58. The highest BCUT2D eigenvalue weighted by Gasteiger charge is 2.31. The summed E-state index contributed by atoms with van der Waals surface area (Å²) < 4.78 is 39.3. The molecule has 0 bridgehead atoms. The Bertz CT molecular complexity index is 1320. The lowest BCUT2D eigenvalue weighted by atomic mass is 10.1. The number of rotatable bonds is 3. The SMILES string of the molecule is O=C(Cn1c(=O)[nH]c(=O)c2ccccc21)N1CCN(C(=O)c2ccc(C(F)(F)F)cc2)CC1. The first-order valence-electron chi connectivity index (χ1n) is 10.1. The molecule has 0 atom stereocenters. The van der Waals surface area contributed by atoms with Gasteiger partial charge in [0, 0.05) is 31.7 Å². The van der Waals surface area contributed by atoms with E-state index in [2.05, 4.69) is 4.98 Å². The van der Waals surface area contributed by atoms with Crippen molar-refractivity contribution in [2.45, 2.75) is 12.7 Å². The van der Waals surface area contributed by atoms with Gasteiger partial charge in [-0.1, -0.05) is 12.1 Å². The lowest BCUT2D eigenvalue weighted by molar-refractivity contribution is -0.137. The fraction of sp³-hybridized carbons (Fsp3) is 0.273. The minimum absolute atomic E-state index is 0.133. The van der Waals surface area contributed by atoms with E-state index >= 15 is 0 Å². The van der Waals surface area contributed by atoms with Crippen LogP contribution in [-0.2, 0) is 17.5 Å². The molecule has 0 spiro atoms. The number of para-hydroxylation sites is 1. The van der Waals surface area contributed by atoms with Crippen molar-refractivity contribution in [2.24, 2.45) is 0 Å². The fourth-order valence-electron chi connectivity index (χ4n) is 3.78. The van der Waals surface area contributed by atoms with Gasteiger partial charge in [0.2, 0.25) is 5.91 Å². The number of hydrogen-bond donors (Lipinski definition) is 1. The maximum atomic E-state index is 12.8. The third-order valence-corrected chi connectivity index (χ3v) is 5.58. The van der Waals surface area contributed by atoms with Crippen LogP contribution in [0.4, 0.5) is 13.2 Å². The second kappa shape index (κ2) is 8.57. The van der Waals surface area contributed by atoms with E-state index in [4.69, 9.17) is 0 Å². The molecule has 1 N–H and O–H groups in total. The number of H-pyrrole nitrogens is 1. The number of halogens is 3. The lowest BCUT2D eigenvalue weighted by Crippen LogP contribution is -2.51. The number of carbonyl (C=O) groups excluding carboxylic acids is 2. The van der Waals surface area contributed by atoms with Gasteiger partial charge in [-0.15, -0.1) is 0 Å². The van der Waals surface area contributed by atoms with Gasteiger partial charge in [-0.25, -0.2) is 4.79 Å². The second-order valence-electron chi connectivity index (χ2n) is 7.61. The molecule has 3 aromatic rings. The normalized spacial score (nSPS) is 14.5. The number of nitrogens with zero attached hydrogens (tertiary/aromatic N) is 3. The van der Waals surface area contributed by atoms with Gasteiger partial charge in [-0.3, -0.25) is 23.9 Å². The van der Waals surface area contributed by atoms with Crippen molar-refractivity contribution in [1.82, 2.24) is 19.4 Å². The molecule has 0 aliphatic carbocycles. The standard InChI is InChI=1S/C22H19F3N4O4/c23-22(24,25)15-7-5-14(6-8-15)20(32)28-11-9-27(10-12-28)18(30)13-29-17-4-2-1-3-16(17)19(31)26-21(29)33/h1-8H,9-13H2,(H,26,31,33). The average Bonchev–Trinajstić information content (AvgIpc) is 2.81. The summed E-state index contributed by atoms with van der Waals surface area (Å²) in [7, 11) is 0. The summed E-state index contributed by atoms with van der Waals surface area (Å²) in [6, 6.07) is 10.4. The first kappa shape index (κ1) is 22.3. The summed E-state index contributed by atoms with van der Waals surface area (Å²) in [5, 5.41) is 0.289. The third kappa shape index (κ3) is 4.52. The number of nitrogens with one attached hydrogen (secondary N) is 1. The number of piperazine rings is 1. The number of alkyl halides is 3. The molecule has 4 rings (SSSR count). The molecule has 2 amide bonds. The molecule has 0 saturated carbocycles. The number of aromatic nitrogens is 2. The maximum Gasteiger partial charge on any atom is 0.416 e. The van der Waals surface area contributed by atoms with Crippen LogP contribution >= 0.6 is 0 Å². The molecule has 1 aromatic heterocycles. The van der Waals surface area contributed by atoms with Crippen molar-refractivity contribution in [3.05, 3.63) is 80.5 Å². The molecule has 1 aliphatic heterocycles.